The Hall–Kier alpha value is -1.26. The molecule has 1 saturated heterocycles. The number of piperidine rings is 1. The van der Waals surface area contributed by atoms with Crippen LogP contribution in [0, 0.1) is 0 Å². The summed E-state index contributed by atoms with van der Waals surface area (Å²) in [5.41, 5.74) is 2.33. The lowest BCUT2D eigenvalue weighted by molar-refractivity contribution is -0.135. The summed E-state index contributed by atoms with van der Waals surface area (Å²) in [6, 6.07) is 5.46. The maximum atomic E-state index is 12.4. The lowest BCUT2D eigenvalue weighted by atomic mass is 9.97. The highest BCUT2D eigenvalue weighted by molar-refractivity contribution is 5.85. The first-order valence-electron chi connectivity index (χ1n) is 7.07. The molecule has 1 aromatic rings. The second-order valence-corrected chi connectivity index (χ2v) is 5.47. The van der Waals surface area contributed by atoms with E-state index in [4.69, 9.17) is 0 Å². The number of phenols is 1. The number of nitrogens with one attached hydrogen (secondary N) is 1. The van der Waals surface area contributed by atoms with Gasteiger partial charge in [-0.05, 0) is 49.1 Å². The van der Waals surface area contributed by atoms with Crippen LogP contribution in [0.4, 0.5) is 0 Å². The fourth-order valence-electron chi connectivity index (χ4n) is 3.01. The third-order valence-corrected chi connectivity index (χ3v) is 4.12. The number of hydrogen-bond acceptors (Lipinski definition) is 3. The minimum Gasteiger partial charge on any atom is -0.508 e. The van der Waals surface area contributed by atoms with E-state index < -0.39 is 0 Å². The van der Waals surface area contributed by atoms with Gasteiger partial charge >= 0.3 is 0 Å². The van der Waals surface area contributed by atoms with Gasteiger partial charge in [0.1, 0.15) is 5.75 Å². The minimum absolute atomic E-state index is 0. The van der Waals surface area contributed by atoms with Gasteiger partial charge in [-0.1, -0.05) is 12.5 Å². The van der Waals surface area contributed by atoms with Gasteiger partial charge in [-0.2, -0.15) is 0 Å². The molecule has 5 heteroatoms. The van der Waals surface area contributed by atoms with E-state index >= 15 is 0 Å². The van der Waals surface area contributed by atoms with E-state index in [0.717, 1.165) is 37.9 Å². The number of amides is 1. The number of aromatic hydroxyl groups is 1. The van der Waals surface area contributed by atoms with Gasteiger partial charge in [-0.25, -0.2) is 0 Å². The van der Waals surface area contributed by atoms with Crippen LogP contribution in [-0.4, -0.2) is 35.0 Å². The molecular weight excluding hydrogens is 276 g/mol. The molecular formula is C15H21ClN2O2. The zero-order valence-electron chi connectivity index (χ0n) is 11.5. The van der Waals surface area contributed by atoms with E-state index in [1.54, 1.807) is 12.1 Å². The zero-order chi connectivity index (χ0) is 13.2. The summed E-state index contributed by atoms with van der Waals surface area (Å²) in [5, 5.41) is 12.9. The van der Waals surface area contributed by atoms with Crippen molar-refractivity contribution in [2.45, 2.75) is 38.3 Å². The predicted octanol–water partition coefficient (Wildman–Crippen LogP) is 1.84. The molecule has 0 radical (unpaired) electrons. The predicted molar refractivity (Wildman–Crippen MR) is 80.1 cm³/mol. The van der Waals surface area contributed by atoms with Gasteiger partial charge in [-0.15, -0.1) is 12.4 Å². The Bertz CT molecular complexity index is 487. The fraction of sp³-hybridized carbons (Fsp3) is 0.533. The third-order valence-electron chi connectivity index (χ3n) is 4.12. The number of carbonyl (C=O) groups excluding carboxylic acids is 1. The Morgan fingerprint density at radius 2 is 2.15 bits per heavy atom. The molecule has 1 amide bonds. The van der Waals surface area contributed by atoms with Gasteiger partial charge in [0.15, 0.2) is 0 Å². The highest BCUT2D eigenvalue weighted by Gasteiger charge is 2.28. The molecule has 2 heterocycles. The summed E-state index contributed by atoms with van der Waals surface area (Å²) >= 11 is 0. The summed E-state index contributed by atoms with van der Waals surface area (Å²) in [4.78, 5) is 14.4. The molecule has 1 fully saturated rings. The van der Waals surface area contributed by atoms with Crippen LogP contribution in [0.2, 0.25) is 0 Å². The molecule has 0 spiro atoms. The number of carbonyl (C=O) groups is 1. The summed E-state index contributed by atoms with van der Waals surface area (Å²) in [5.74, 6) is 0.498. The molecule has 4 nitrogen and oxygen atoms in total. The average Bonchev–Trinajstić information content (AvgIpc) is 2.46. The summed E-state index contributed by atoms with van der Waals surface area (Å²) < 4.78 is 0. The molecule has 1 atom stereocenters. The van der Waals surface area contributed by atoms with E-state index in [9.17, 15) is 9.90 Å². The number of benzene rings is 1. The highest BCUT2D eigenvalue weighted by atomic mass is 35.5. The van der Waals surface area contributed by atoms with Crippen LogP contribution in [-0.2, 0) is 17.8 Å². The van der Waals surface area contributed by atoms with Crippen molar-refractivity contribution < 1.29 is 9.90 Å². The topological polar surface area (TPSA) is 52.6 Å². The Morgan fingerprint density at radius 1 is 1.30 bits per heavy atom. The summed E-state index contributed by atoms with van der Waals surface area (Å²) in [6.07, 6.45) is 4.13. The second kappa shape index (κ2) is 6.46. The fourth-order valence-corrected chi connectivity index (χ4v) is 3.01. The quantitative estimate of drug-likeness (QED) is 0.831. The van der Waals surface area contributed by atoms with Crippen molar-refractivity contribution >= 4 is 18.3 Å². The molecule has 1 aromatic carbocycles. The van der Waals surface area contributed by atoms with Crippen LogP contribution in [0.1, 0.15) is 30.4 Å². The van der Waals surface area contributed by atoms with Gasteiger partial charge in [-0.3, -0.25) is 4.79 Å². The molecule has 0 saturated carbocycles. The molecule has 0 aliphatic carbocycles. The number of nitrogens with zero attached hydrogens (tertiary/aromatic N) is 1. The molecule has 2 aliphatic heterocycles. The number of rotatable bonds is 1. The van der Waals surface area contributed by atoms with Crippen molar-refractivity contribution in [2.24, 2.45) is 0 Å². The summed E-state index contributed by atoms with van der Waals surface area (Å²) in [7, 11) is 0. The van der Waals surface area contributed by atoms with E-state index in [1.807, 2.05) is 11.0 Å². The zero-order valence-corrected chi connectivity index (χ0v) is 12.3. The smallest absolute Gasteiger partial charge is 0.240 e. The minimum atomic E-state index is -0.00684. The highest BCUT2D eigenvalue weighted by Crippen LogP contribution is 2.24. The first-order valence-corrected chi connectivity index (χ1v) is 7.07. The maximum Gasteiger partial charge on any atom is 0.240 e. The van der Waals surface area contributed by atoms with Gasteiger partial charge in [0.2, 0.25) is 5.91 Å². The van der Waals surface area contributed by atoms with E-state index in [1.165, 1.54) is 12.0 Å². The van der Waals surface area contributed by atoms with Gasteiger partial charge < -0.3 is 15.3 Å². The van der Waals surface area contributed by atoms with Crippen molar-refractivity contribution in [3.63, 3.8) is 0 Å². The van der Waals surface area contributed by atoms with Crippen molar-refractivity contribution in [2.75, 3.05) is 13.1 Å². The molecule has 3 rings (SSSR count). The Morgan fingerprint density at radius 3 is 2.90 bits per heavy atom. The lowest BCUT2D eigenvalue weighted by Crippen LogP contribution is -2.49. The second-order valence-electron chi connectivity index (χ2n) is 5.47. The lowest BCUT2D eigenvalue weighted by Gasteiger charge is -2.33. The van der Waals surface area contributed by atoms with Crippen molar-refractivity contribution in [1.82, 2.24) is 10.2 Å². The van der Waals surface area contributed by atoms with Crippen LogP contribution in [0.15, 0.2) is 18.2 Å². The Kier molecular flexibility index (Phi) is 4.89. The molecule has 0 aromatic heterocycles. The van der Waals surface area contributed by atoms with Crippen molar-refractivity contribution in [1.29, 1.82) is 0 Å². The molecule has 1 unspecified atom stereocenters. The molecule has 2 N–H and O–H groups in total. The van der Waals surface area contributed by atoms with Crippen LogP contribution < -0.4 is 5.32 Å². The van der Waals surface area contributed by atoms with Gasteiger partial charge in [0.25, 0.3) is 0 Å². The molecule has 2 aliphatic rings. The molecule has 0 bridgehead atoms. The van der Waals surface area contributed by atoms with Gasteiger partial charge in [0, 0.05) is 13.1 Å². The molecule has 110 valence electrons. The van der Waals surface area contributed by atoms with Crippen LogP contribution >= 0.6 is 12.4 Å². The monoisotopic (exact) mass is 296 g/mol. The van der Waals surface area contributed by atoms with Crippen molar-refractivity contribution in [3.05, 3.63) is 29.3 Å². The first kappa shape index (κ1) is 15.1. The normalized spacial score (nSPS) is 21.8. The van der Waals surface area contributed by atoms with E-state index in [-0.39, 0.29) is 30.1 Å². The first-order chi connectivity index (χ1) is 9.24. The Balaban J connectivity index is 0.00000147. The van der Waals surface area contributed by atoms with E-state index in [2.05, 4.69) is 5.32 Å². The number of fused-ring (bicyclic) bond motifs is 1. The largest absolute Gasteiger partial charge is 0.508 e. The van der Waals surface area contributed by atoms with E-state index in [0.29, 0.717) is 6.54 Å². The van der Waals surface area contributed by atoms with Crippen LogP contribution in [0.3, 0.4) is 0 Å². The number of phenolic OH excluding ortho intramolecular Hbond substituents is 1. The van der Waals surface area contributed by atoms with Gasteiger partial charge in [0.05, 0.1) is 6.04 Å². The average molecular weight is 297 g/mol. The van der Waals surface area contributed by atoms with Crippen LogP contribution in [0.25, 0.3) is 0 Å². The number of hydrogen-bond donors (Lipinski definition) is 2. The van der Waals surface area contributed by atoms with Crippen LogP contribution in [0.5, 0.6) is 5.75 Å². The molecule has 20 heavy (non-hydrogen) atoms. The number of halogens is 1. The Labute approximate surface area is 125 Å². The SMILES string of the molecule is Cl.O=C(C1CCCCN1)N1CCc2ccc(O)cc2C1. The maximum absolute atomic E-state index is 12.4. The van der Waals surface area contributed by atoms with Crippen molar-refractivity contribution in [3.8, 4) is 5.75 Å². The third kappa shape index (κ3) is 3.07. The summed E-state index contributed by atoms with van der Waals surface area (Å²) in [6.45, 7) is 2.36. The standard InChI is InChI=1S/C15H20N2O2.ClH/c18-13-5-4-11-6-8-17(10-12(11)9-13)15(19)14-3-1-2-7-16-14;/h4-5,9,14,16,18H,1-3,6-8,10H2;1H.